The van der Waals surface area contributed by atoms with Crippen molar-refractivity contribution in [3.8, 4) is 0 Å². The van der Waals surface area contributed by atoms with Gasteiger partial charge < -0.3 is 5.32 Å². The Hall–Kier alpha value is -2.34. The van der Waals surface area contributed by atoms with E-state index >= 15 is 0 Å². The standard InChI is InChI=1S/C23H30N2O3S/c1-4-6-18-7-13-21(14-8-18)29(27,28)25-20-11-9-19(10-12-20)23(15-16-23)22(26)24-17(3)5-2/h7-14,17,25H,4-6,15-16H2,1-3H3,(H,24,26). The minimum atomic E-state index is -3.64. The van der Waals surface area contributed by atoms with Crippen LogP contribution in [0.3, 0.4) is 0 Å². The SMILES string of the molecule is CCCc1ccc(S(=O)(=O)Nc2ccc(C3(C(=O)NC(C)CC)CC3)cc2)cc1. The van der Waals surface area contributed by atoms with E-state index in [1.165, 1.54) is 0 Å². The van der Waals surface area contributed by atoms with Crippen molar-refractivity contribution in [2.75, 3.05) is 4.72 Å². The number of carbonyl (C=O) groups excluding carboxylic acids is 1. The number of anilines is 1. The first-order valence-electron chi connectivity index (χ1n) is 10.3. The van der Waals surface area contributed by atoms with Gasteiger partial charge in [0.2, 0.25) is 5.91 Å². The van der Waals surface area contributed by atoms with Gasteiger partial charge in [-0.15, -0.1) is 0 Å². The normalized spacial score (nSPS) is 16.1. The molecule has 156 valence electrons. The summed E-state index contributed by atoms with van der Waals surface area (Å²) >= 11 is 0. The van der Waals surface area contributed by atoms with E-state index in [0.717, 1.165) is 43.2 Å². The second kappa shape index (κ2) is 8.57. The van der Waals surface area contributed by atoms with Crippen molar-refractivity contribution in [3.05, 3.63) is 59.7 Å². The summed E-state index contributed by atoms with van der Waals surface area (Å²) in [6.07, 6.45) is 4.49. The predicted octanol–water partition coefficient (Wildman–Crippen LogP) is 4.39. The molecule has 2 aromatic carbocycles. The number of carbonyl (C=O) groups is 1. The molecule has 0 aliphatic heterocycles. The van der Waals surface area contributed by atoms with Gasteiger partial charge in [0.25, 0.3) is 10.0 Å². The Morgan fingerprint density at radius 3 is 2.17 bits per heavy atom. The quantitative estimate of drug-likeness (QED) is 0.639. The molecule has 1 fully saturated rings. The van der Waals surface area contributed by atoms with Crippen LogP contribution in [0.2, 0.25) is 0 Å². The number of nitrogens with one attached hydrogen (secondary N) is 2. The van der Waals surface area contributed by atoms with Gasteiger partial charge in [-0.05, 0) is 68.0 Å². The highest BCUT2D eigenvalue weighted by atomic mass is 32.2. The molecule has 5 nitrogen and oxygen atoms in total. The van der Waals surface area contributed by atoms with Crippen LogP contribution in [0.5, 0.6) is 0 Å². The number of hydrogen-bond acceptors (Lipinski definition) is 3. The number of rotatable bonds is 9. The van der Waals surface area contributed by atoms with E-state index in [2.05, 4.69) is 17.0 Å². The molecule has 1 amide bonds. The van der Waals surface area contributed by atoms with Gasteiger partial charge in [-0.1, -0.05) is 44.5 Å². The smallest absolute Gasteiger partial charge is 0.261 e. The zero-order valence-corrected chi connectivity index (χ0v) is 18.2. The fraction of sp³-hybridized carbons (Fsp3) is 0.435. The molecule has 1 unspecified atom stereocenters. The number of aryl methyl sites for hydroxylation is 1. The highest BCUT2D eigenvalue weighted by Gasteiger charge is 2.51. The van der Waals surface area contributed by atoms with E-state index in [0.29, 0.717) is 5.69 Å². The number of sulfonamides is 1. The largest absolute Gasteiger partial charge is 0.353 e. The van der Waals surface area contributed by atoms with Crippen LogP contribution in [-0.2, 0) is 26.7 Å². The topological polar surface area (TPSA) is 75.3 Å². The van der Waals surface area contributed by atoms with Crippen LogP contribution in [0.25, 0.3) is 0 Å². The summed E-state index contributed by atoms with van der Waals surface area (Å²) in [7, 11) is -3.64. The summed E-state index contributed by atoms with van der Waals surface area (Å²) < 4.78 is 27.9. The van der Waals surface area contributed by atoms with Crippen molar-refractivity contribution in [1.29, 1.82) is 0 Å². The minimum Gasteiger partial charge on any atom is -0.353 e. The molecular formula is C23H30N2O3S. The first-order valence-corrected chi connectivity index (χ1v) is 11.8. The molecule has 1 aliphatic rings. The first-order chi connectivity index (χ1) is 13.8. The Balaban J connectivity index is 1.71. The molecule has 0 saturated heterocycles. The number of amides is 1. The monoisotopic (exact) mass is 414 g/mol. The number of benzene rings is 2. The third kappa shape index (κ3) is 4.81. The Bertz CT molecular complexity index is 947. The summed E-state index contributed by atoms with van der Waals surface area (Å²) in [5.41, 5.74) is 2.09. The van der Waals surface area contributed by atoms with Crippen molar-refractivity contribution in [2.24, 2.45) is 0 Å². The summed E-state index contributed by atoms with van der Waals surface area (Å²) in [4.78, 5) is 12.9. The lowest BCUT2D eigenvalue weighted by Crippen LogP contribution is -2.39. The summed E-state index contributed by atoms with van der Waals surface area (Å²) in [6, 6.07) is 14.3. The van der Waals surface area contributed by atoms with Crippen molar-refractivity contribution < 1.29 is 13.2 Å². The van der Waals surface area contributed by atoms with Crippen molar-refractivity contribution in [2.45, 2.75) is 69.2 Å². The van der Waals surface area contributed by atoms with Crippen LogP contribution in [0, 0.1) is 0 Å². The summed E-state index contributed by atoms with van der Waals surface area (Å²) in [5.74, 6) is 0.0624. The molecule has 0 aromatic heterocycles. The second-order valence-electron chi connectivity index (χ2n) is 7.94. The van der Waals surface area contributed by atoms with E-state index in [-0.39, 0.29) is 16.8 Å². The molecule has 0 spiro atoms. The number of hydrogen-bond donors (Lipinski definition) is 2. The molecule has 0 radical (unpaired) electrons. The van der Waals surface area contributed by atoms with Gasteiger partial charge in [0.1, 0.15) is 0 Å². The molecular weight excluding hydrogens is 384 g/mol. The van der Waals surface area contributed by atoms with Crippen molar-refractivity contribution in [1.82, 2.24) is 5.32 Å². The van der Waals surface area contributed by atoms with E-state index in [9.17, 15) is 13.2 Å². The average molecular weight is 415 g/mol. The molecule has 3 rings (SSSR count). The highest BCUT2D eigenvalue weighted by molar-refractivity contribution is 7.92. The summed E-state index contributed by atoms with van der Waals surface area (Å²) in [6.45, 7) is 6.14. The molecule has 29 heavy (non-hydrogen) atoms. The lowest BCUT2D eigenvalue weighted by atomic mass is 9.94. The van der Waals surface area contributed by atoms with Gasteiger partial charge in [0.15, 0.2) is 0 Å². The van der Waals surface area contributed by atoms with Gasteiger partial charge in [-0.2, -0.15) is 0 Å². The van der Waals surface area contributed by atoms with E-state index in [4.69, 9.17) is 0 Å². The van der Waals surface area contributed by atoms with Crippen LogP contribution in [0.15, 0.2) is 53.4 Å². The molecule has 2 N–H and O–H groups in total. The molecule has 1 saturated carbocycles. The third-order valence-corrected chi connectivity index (χ3v) is 7.03. The lowest BCUT2D eigenvalue weighted by Gasteiger charge is -2.19. The van der Waals surface area contributed by atoms with Crippen LogP contribution in [0.4, 0.5) is 5.69 Å². The summed E-state index contributed by atoms with van der Waals surface area (Å²) in [5, 5.41) is 3.07. The zero-order valence-electron chi connectivity index (χ0n) is 17.4. The highest BCUT2D eigenvalue weighted by Crippen LogP contribution is 2.48. The Labute approximate surface area is 174 Å². The molecule has 2 aromatic rings. The zero-order chi connectivity index (χ0) is 21.1. The predicted molar refractivity (Wildman–Crippen MR) is 116 cm³/mol. The van der Waals surface area contributed by atoms with Gasteiger partial charge >= 0.3 is 0 Å². The van der Waals surface area contributed by atoms with E-state index in [1.54, 1.807) is 24.3 Å². The van der Waals surface area contributed by atoms with Crippen LogP contribution >= 0.6 is 0 Å². The van der Waals surface area contributed by atoms with Crippen LogP contribution in [-0.4, -0.2) is 20.4 Å². The Kier molecular flexibility index (Phi) is 6.32. The maximum absolute atomic E-state index is 12.7. The minimum absolute atomic E-state index is 0.0624. The Morgan fingerprint density at radius 2 is 1.66 bits per heavy atom. The molecule has 0 bridgehead atoms. The van der Waals surface area contributed by atoms with E-state index < -0.39 is 15.4 Å². The molecule has 0 heterocycles. The average Bonchev–Trinajstić information content (AvgIpc) is 3.51. The van der Waals surface area contributed by atoms with Crippen molar-refractivity contribution >= 4 is 21.6 Å². The lowest BCUT2D eigenvalue weighted by molar-refractivity contribution is -0.124. The van der Waals surface area contributed by atoms with Gasteiger partial charge in [-0.3, -0.25) is 9.52 Å². The van der Waals surface area contributed by atoms with Crippen LogP contribution < -0.4 is 10.0 Å². The third-order valence-electron chi connectivity index (χ3n) is 5.64. The molecule has 1 aliphatic carbocycles. The van der Waals surface area contributed by atoms with Crippen LogP contribution in [0.1, 0.15) is 57.6 Å². The second-order valence-corrected chi connectivity index (χ2v) is 9.62. The van der Waals surface area contributed by atoms with Gasteiger partial charge in [0.05, 0.1) is 10.3 Å². The van der Waals surface area contributed by atoms with Crippen molar-refractivity contribution in [3.63, 3.8) is 0 Å². The fourth-order valence-corrected chi connectivity index (χ4v) is 4.49. The first kappa shape index (κ1) is 21.4. The fourth-order valence-electron chi connectivity index (χ4n) is 3.43. The molecule has 1 atom stereocenters. The van der Waals surface area contributed by atoms with E-state index in [1.807, 2.05) is 38.1 Å². The maximum atomic E-state index is 12.7. The maximum Gasteiger partial charge on any atom is 0.261 e. The Morgan fingerprint density at radius 1 is 1.03 bits per heavy atom. The van der Waals surface area contributed by atoms with Gasteiger partial charge in [0, 0.05) is 11.7 Å². The van der Waals surface area contributed by atoms with Gasteiger partial charge in [-0.25, -0.2) is 8.42 Å². The molecule has 6 heteroatoms.